The number of ketones is 1. The maximum absolute atomic E-state index is 12.3. The third-order valence-electron chi connectivity index (χ3n) is 4.70. The first-order chi connectivity index (χ1) is 14.0. The molecule has 9 heteroatoms. The normalized spacial score (nSPS) is 16.9. The molecule has 1 N–H and O–H groups in total. The van der Waals surface area contributed by atoms with Crippen LogP contribution < -0.4 is 4.74 Å². The van der Waals surface area contributed by atoms with Crippen molar-refractivity contribution >= 4 is 23.3 Å². The van der Waals surface area contributed by atoms with E-state index in [0.29, 0.717) is 17.5 Å². The maximum atomic E-state index is 12.3. The quantitative estimate of drug-likeness (QED) is 0.496. The monoisotopic (exact) mass is 413 g/mol. The Balaban J connectivity index is 1.84. The molecule has 1 aromatic carbocycles. The van der Waals surface area contributed by atoms with Crippen LogP contribution in [0.25, 0.3) is 11.4 Å². The average Bonchev–Trinajstić information content (AvgIpc) is 3.37. The SMILES string of the molecule is COc1ccc(-c2nnc(SCC(=O)C(C#N)C(C)=N)n2C[C@@H]2CCCO2)cc1. The predicted molar refractivity (Wildman–Crippen MR) is 109 cm³/mol. The van der Waals surface area contributed by atoms with E-state index in [1.54, 1.807) is 7.11 Å². The maximum Gasteiger partial charge on any atom is 0.192 e. The van der Waals surface area contributed by atoms with E-state index in [1.165, 1.54) is 18.7 Å². The van der Waals surface area contributed by atoms with E-state index in [0.717, 1.165) is 30.8 Å². The molecular formula is C20H23N5O3S. The van der Waals surface area contributed by atoms with Crippen LogP contribution in [0.5, 0.6) is 5.75 Å². The number of ether oxygens (including phenoxy) is 2. The second-order valence-corrected chi connectivity index (χ2v) is 7.72. The lowest BCUT2D eigenvalue weighted by atomic mass is 10.0. The number of nitrogens with zero attached hydrogens (tertiary/aromatic N) is 4. The zero-order chi connectivity index (χ0) is 20.8. The highest BCUT2D eigenvalue weighted by Crippen LogP contribution is 2.28. The summed E-state index contributed by atoms with van der Waals surface area (Å²) >= 11 is 1.23. The van der Waals surface area contributed by atoms with Gasteiger partial charge in [-0.1, -0.05) is 11.8 Å². The van der Waals surface area contributed by atoms with Crippen molar-refractivity contribution in [1.29, 1.82) is 10.7 Å². The van der Waals surface area contributed by atoms with E-state index < -0.39 is 5.92 Å². The largest absolute Gasteiger partial charge is 0.497 e. The number of nitrogens with one attached hydrogen (secondary N) is 1. The van der Waals surface area contributed by atoms with Crippen molar-refractivity contribution in [2.24, 2.45) is 5.92 Å². The Bertz CT molecular complexity index is 913. The molecule has 1 fully saturated rings. The summed E-state index contributed by atoms with van der Waals surface area (Å²) in [6.45, 7) is 2.81. The predicted octanol–water partition coefficient (Wildman–Crippen LogP) is 2.97. The van der Waals surface area contributed by atoms with Gasteiger partial charge in [0.15, 0.2) is 16.8 Å². The fourth-order valence-corrected chi connectivity index (χ4v) is 3.99. The van der Waals surface area contributed by atoms with Gasteiger partial charge < -0.3 is 14.9 Å². The first-order valence-electron chi connectivity index (χ1n) is 9.33. The summed E-state index contributed by atoms with van der Waals surface area (Å²) < 4.78 is 13.0. The van der Waals surface area contributed by atoms with Crippen LogP contribution in [0.1, 0.15) is 19.8 Å². The number of carbonyl (C=O) groups is 1. The lowest BCUT2D eigenvalue weighted by molar-refractivity contribution is -0.117. The van der Waals surface area contributed by atoms with Crippen LogP contribution in [0.4, 0.5) is 0 Å². The minimum absolute atomic E-state index is 0.0536. The second-order valence-electron chi connectivity index (χ2n) is 6.78. The standard InChI is InChI=1S/C20H23N5O3S/c1-13(22)17(10-21)18(26)12-29-20-24-23-19(14-5-7-15(27-2)8-6-14)25(20)11-16-4-3-9-28-16/h5-8,16-17,22H,3-4,9,11-12H2,1-2H3/t16-,17?/m0/s1. The van der Waals surface area contributed by atoms with E-state index in [-0.39, 0.29) is 23.4 Å². The molecule has 0 saturated carbocycles. The van der Waals surface area contributed by atoms with Crippen molar-refractivity contribution in [1.82, 2.24) is 14.8 Å². The van der Waals surface area contributed by atoms with Gasteiger partial charge in [0.1, 0.15) is 11.7 Å². The zero-order valence-corrected chi connectivity index (χ0v) is 17.2. The molecule has 1 aliphatic heterocycles. The Labute approximate surface area is 173 Å². The summed E-state index contributed by atoms with van der Waals surface area (Å²) in [4.78, 5) is 12.3. The number of benzene rings is 1. The highest BCUT2D eigenvalue weighted by atomic mass is 32.2. The van der Waals surface area contributed by atoms with Gasteiger partial charge in [0.05, 0.1) is 31.6 Å². The van der Waals surface area contributed by atoms with Gasteiger partial charge in [0.25, 0.3) is 0 Å². The number of hydrogen-bond donors (Lipinski definition) is 1. The van der Waals surface area contributed by atoms with E-state index >= 15 is 0 Å². The van der Waals surface area contributed by atoms with Gasteiger partial charge in [-0.05, 0) is 44.0 Å². The summed E-state index contributed by atoms with van der Waals surface area (Å²) in [5.41, 5.74) is 0.942. The van der Waals surface area contributed by atoms with Crippen LogP contribution >= 0.6 is 11.8 Å². The molecule has 3 rings (SSSR count). The van der Waals surface area contributed by atoms with Crippen LogP contribution in [-0.2, 0) is 16.1 Å². The molecule has 0 amide bonds. The molecule has 152 valence electrons. The van der Waals surface area contributed by atoms with Crippen LogP contribution in [0.2, 0.25) is 0 Å². The molecule has 0 spiro atoms. The third kappa shape index (κ3) is 5.02. The van der Waals surface area contributed by atoms with Gasteiger partial charge in [-0.25, -0.2) is 0 Å². The molecule has 1 saturated heterocycles. The van der Waals surface area contributed by atoms with Gasteiger partial charge >= 0.3 is 0 Å². The van der Waals surface area contributed by atoms with E-state index in [4.69, 9.17) is 20.1 Å². The zero-order valence-electron chi connectivity index (χ0n) is 16.4. The Kier molecular flexibility index (Phi) is 7.01. The van der Waals surface area contributed by atoms with Crippen LogP contribution in [-0.4, -0.2) is 51.8 Å². The average molecular weight is 414 g/mol. The summed E-state index contributed by atoms with van der Waals surface area (Å²) in [6, 6.07) is 9.45. The number of nitriles is 1. The number of rotatable bonds is 9. The van der Waals surface area contributed by atoms with Crippen LogP contribution in [0.15, 0.2) is 29.4 Å². The molecule has 2 heterocycles. The van der Waals surface area contributed by atoms with Crippen molar-refractivity contribution in [3.63, 3.8) is 0 Å². The Morgan fingerprint density at radius 3 is 2.79 bits per heavy atom. The summed E-state index contributed by atoms with van der Waals surface area (Å²) in [5, 5.41) is 25.9. The van der Waals surface area contributed by atoms with Crippen LogP contribution in [0.3, 0.4) is 0 Å². The fraction of sp³-hybridized carbons (Fsp3) is 0.450. The van der Waals surface area contributed by atoms with Gasteiger partial charge in [-0.15, -0.1) is 10.2 Å². The highest BCUT2D eigenvalue weighted by Gasteiger charge is 2.24. The molecule has 1 aromatic heterocycles. The van der Waals surface area contributed by atoms with Gasteiger partial charge in [0, 0.05) is 17.9 Å². The molecule has 2 aromatic rings. The molecule has 1 unspecified atom stereocenters. The summed E-state index contributed by atoms with van der Waals surface area (Å²) in [6.07, 6.45) is 2.06. The number of thioether (sulfide) groups is 1. The number of Topliss-reactive ketones (excluding diaryl/α,β-unsaturated/α-hetero) is 1. The van der Waals surface area contributed by atoms with E-state index in [9.17, 15) is 4.79 Å². The first-order valence-corrected chi connectivity index (χ1v) is 10.3. The molecule has 1 aliphatic rings. The number of carbonyl (C=O) groups excluding carboxylic acids is 1. The molecule has 0 radical (unpaired) electrons. The lowest BCUT2D eigenvalue weighted by Crippen LogP contribution is -2.22. The number of methoxy groups -OCH3 is 1. The third-order valence-corrected chi connectivity index (χ3v) is 5.69. The van der Waals surface area contributed by atoms with Crippen molar-refractivity contribution in [3.05, 3.63) is 24.3 Å². The summed E-state index contributed by atoms with van der Waals surface area (Å²) in [5.74, 6) is 0.184. The minimum Gasteiger partial charge on any atom is -0.497 e. The van der Waals surface area contributed by atoms with E-state index in [1.807, 2.05) is 34.9 Å². The Hall–Kier alpha value is -2.70. The van der Waals surface area contributed by atoms with Gasteiger partial charge in [0.2, 0.25) is 0 Å². The van der Waals surface area contributed by atoms with Crippen molar-refractivity contribution in [3.8, 4) is 23.2 Å². The van der Waals surface area contributed by atoms with Crippen molar-refractivity contribution in [2.75, 3.05) is 19.5 Å². The van der Waals surface area contributed by atoms with Crippen molar-refractivity contribution in [2.45, 2.75) is 37.6 Å². The molecule has 0 aliphatic carbocycles. The summed E-state index contributed by atoms with van der Waals surface area (Å²) in [7, 11) is 1.62. The highest BCUT2D eigenvalue weighted by molar-refractivity contribution is 7.99. The molecule has 0 bridgehead atoms. The number of hydrogen-bond acceptors (Lipinski definition) is 8. The molecule has 2 atom stereocenters. The van der Waals surface area contributed by atoms with Gasteiger partial charge in [-0.3, -0.25) is 9.36 Å². The smallest absolute Gasteiger partial charge is 0.192 e. The lowest BCUT2D eigenvalue weighted by Gasteiger charge is -2.15. The second kappa shape index (κ2) is 9.67. The number of aromatic nitrogens is 3. The molecule has 8 nitrogen and oxygen atoms in total. The topological polar surface area (TPSA) is 114 Å². The van der Waals surface area contributed by atoms with Crippen LogP contribution in [0, 0.1) is 22.7 Å². The first kappa shape index (κ1) is 21.0. The Morgan fingerprint density at radius 1 is 1.45 bits per heavy atom. The van der Waals surface area contributed by atoms with Crippen molar-refractivity contribution < 1.29 is 14.3 Å². The van der Waals surface area contributed by atoms with Gasteiger partial charge in [-0.2, -0.15) is 5.26 Å². The Morgan fingerprint density at radius 2 is 2.21 bits per heavy atom. The van der Waals surface area contributed by atoms with E-state index in [2.05, 4.69) is 10.2 Å². The minimum atomic E-state index is -1.02. The molecule has 29 heavy (non-hydrogen) atoms. The molecular weight excluding hydrogens is 390 g/mol. The fourth-order valence-electron chi connectivity index (χ4n) is 3.13.